The highest BCUT2D eigenvalue weighted by molar-refractivity contribution is 5.83. The Hall–Kier alpha value is -3.71. The van der Waals surface area contributed by atoms with Gasteiger partial charge in [0.1, 0.15) is 11.6 Å². The first kappa shape index (κ1) is 27.9. The van der Waals surface area contributed by atoms with Crippen LogP contribution < -0.4 is 32.1 Å². The van der Waals surface area contributed by atoms with Crippen LogP contribution in [-0.2, 0) is 24.5 Å². The molecule has 2 aromatic carbocycles. The molecule has 0 saturated carbocycles. The van der Waals surface area contributed by atoms with Gasteiger partial charge in [-0.2, -0.15) is 0 Å². The summed E-state index contributed by atoms with van der Waals surface area (Å²) in [6.45, 7) is 10.9. The van der Waals surface area contributed by atoms with E-state index in [0.717, 1.165) is 63.9 Å². The fraction of sp³-hybridized carbons (Fsp3) is 0.367. The van der Waals surface area contributed by atoms with Crippen LogP contribution in [0.15, 0.2) is 59.7 Å². The summed E-state index contributed by atoms with van der Waals surface area (Å²) < 4.78 is 13.8. The van der Waals surface area contributed by atoms with E-state index in [-0.39, 0.29) is 0 Å². The molecule has 198 valence electrons. The molecule has 7 nitrogen and oxygen atoms in total. The number of methoxy groups -OCH3 is 1. The van der Waals surface area contributed by atoms with Crippen LogP contribution in [0.25, 0.3) is 12.4 Å². The Morgan fingerprint density at radius 3 is 2.46 bits per heavy atom. The Kier molecular flexibility index (Phi) is 10.6. The van der Waals surface area contributed by atoms with Gasteiger partial charge in [-0.25, -0.2) is 4.99 Å². The van der Waals surface area contributed by atoms with Crippen LogP contribution in [-0.4, -0.2) is 24.1 Å². The zero-order chi connectivity index (χ0) is 26.6. The molecule has 0 aliphatic heterocycles. The number of anilines is 1. The number of hydrogen-bond donors (Lipinski definition) is 3. The summed E-state index contributed by atoms with van der Waals surface area (Å²) in [5.41, 5.74) is 15.8. The minimum atomic E-state index is 0.490. The van der Waals surface area contributed by atoms with E-state index < -0.39 is 0 Å². The molecule has 0 amide bonds. The third-order valence-electron chi connectivity index (χ3n) is 6.17. The number of nitrogens with zero attached hydrogens (tertiary/aromatic N) is 2. The molecule has 3 aromatic rings. The smallest absolute Gasteiger partial charge is 0.152 e. The van der Waals surface area contributed by atoms with Crippen LogP contribution in [0.1, 0.15) is 56.2 Å². The molecule has 0 atom stereocenters. The topological polar surface area (TPSA) is 99.8 Å². The zero-order valence-corrected chi connectivity index (χ0v) is 22.4. The highest BCUT2D eigenvalue weighted by Crippen LogP contribution is 2.22. The van der Waals surface area contributed by atoms with Gasteiger partial charge >= 0.3 is 0 Å². The van der Waals surface area contributed by atoms with Crippen molar-refractivity contribution in [1.29, 1.82) is 0 Å². The number of nitrogen functional groups attached to an aromatic ring is 1. The molecular formula is C30H41N5O2. The van der Waals surface area contributed by atoms with Crippen molar-refractivity contribution in [2.75, 3.05) is 19.4 Å². The summed E-state index contributed by atoms with van der Waals surface area (Å²) in [4.78, 5) is 4.70. The largest absolute Gasteiger partial charge is 0.496 e. The van der Waals surface area contributed by atoms with Crippen molar-refractivity contribution in [1.82, 2.24) is 9.88 Å². The lowest BCUT2D eigenvalue weighted by molar-refractivity contribution is 0.107. The molecular weight excluding hydrogens is 462 g/mol. The van der Waals surface area contributed by atoms with E-state index in [0.29, 0.717) is 32.0 Å². The second-order valence-electron chi connectivity index (χ2n) is 9.14. The van der Waals surface area contributed by atoms with E-state index in [1.54, 1.807) is 7.11 Å². The summed E-state index contributed by atoms with van der Waals surface area (Å²) in [5.74, 6) is 2.16. The Morgan fingerprint density at radius 2 is 1.76 bits per heavy atom. The standard InChI is InChI=1S/C30H41N5O2/c1-5-7-8-16-33-30(34-28(32)6-2)29-22(3)15-17-35(29)19-25-12-9-24(18-27(25)36-4)21-37-20-23-10-13-26(31)14-11-23/h9-15,17-18,33H,3,5-8,16,19-21,31H2,1-2,4H3,(H2,32,34)/b30-29+. The summed E-state index contributed by atoms with van der Waals surface area (Å²) in [6, 6.07) is 15.9. The number of amidine groups is 1. The summed E-state index contributed by atoms with van der Waals surface area (Å²) >= 11 is 0. The number of rotatable bonds is 14. The van der Waals surface area contributed by atoms with Crippen LogP contribution in [0.3, 0.4) is 0 Å². The number of ether oxygens (including phenoxy) is 2. The molecule has 0 radical (unpaired) electrons. The first-order valence-electron chi connectivity index (χ1n) is 13.0. The molecule has 1 aromatic heterocycles. The average molecular weight is 504 g/mol. The Labute approximate surface area is 220 Å². The highest BCUT2D eigenvalue weighted by atomic mass is 16.5. The maximum absolute atomic E-state index is 6.13. The van der Waals surface area contributed by atoms with Gasteiger partial charge in [-0.1, -0.05) is 57.5 Å². The predicted molar refractivity (Wildman–Crippen MR) is 153 cm³/mol. The maximum atomic E-state index is 6.13. The molecule has 7 heteroatoms. The van der Waals surface area contributed by atoms with Crippen LogP contribution in [0, 0.1) is 0 Å². The quantitative estimate of drug-likeness (QED) is 0.134. The van der Waals surface area contributed by atoms with Gasteiger partial charge in [0.05, 0.1) is 32.2 Å². The molecule has 0 spiro atoms. The van der Waals surface area contributed by atoms with E-state index in [4.69, 9.17) is 25.9 Å². The fourth-order valence-corrected chi connectivity index (χ4v) is 4.01. The number of unbranched alkanes of at least 4 members (excludes halogenated alkanes) is 2. The molecule has 1 heterocycles. The SMILES string of the molecule is C=c1ccn(Cc2ccc(COCc3ccc(N)cc3)cc2OC)/c1=C(/N=C(/N)CC)NCCCCC. The van der Waals surface area contributed by atoms with E-state index in [1.165, 1.54) is 6.42 Å². The Bertz CT molecular complexity index is 1280. The summed E-state index contributed by atoms with van der Waals surface area (Å²) in [5, 5.41) is 5.34. The summed E-state index contributed by atoms with van der Waals surface area (Å²) in [6.07, 6.45) is 6.12. The molecule has 0 saturated heterocycles. The Balaban J connectivity index is 1.81. The van der Waals surface area contributed by atoms with Gasteiger partial charge in [0.25, 0.3) is 0 Å². The number of hydrogen-bond acceptors (Lipinski definition) is 5. The molecule has 37 heavy (non-hydrogen) atoms. The van der Waals surface area contributed by atoms with Crippen molar-refractivity contribution in [2.45, 2.75) is 59.3 Å². The van der Waals surface area contributed by atoms with Gasteiger partial charge in [-0.05, 0) is 47.0 Å². The molecule has 0 fully saturated rings. The van der Waals surface area contributed by atoms with Gasteiger partial charge in [-0.15, -0.1) is 0 Å². The number of nitrogens with two attached hydrogens (primary N) is 2. The van der Waals surface area contributed by atoms with Crippen molar-refractivity contribution in [3.8, 4) is 5.75 Å². The molecule has 0 aliphatic carbocycles. The highest BCUT2D eigenvalue weighted by Gasteiger charge is 2.10. The lowest BCUT2D eigenvalue weighted by Crippen LogP contribution is -2.36. The van der Waals surface area contributed by atoms with E-state index in [2.05, 4.69) is 35.5 Å². The lowest BCUT2D eigenvalue weighted by Gasteiger charge is -2.14. The van der Waals surface area contributed by atoms with Crippen LogP contribution in [0.4, 0.5) is 5.69 Å². The van der Waals surface area contributed by atoms with Crippen LogP contribution in [0.2, 0.25) is 0 Å². The normalized spacial score (nSPS) is 12.5. The summed E-state index contributed by atoms with van der Waals surface area (Å²) in [7, 11) is 1.69. The number of aromatic nitrogens is 1. The van der Waals surface area contributed by atoms with Crippen molar-refractivity contribution in [2.24, 2.45) is 10.7 Å². The zero-order valence-electron chi connectivity index (χ0n) is 22.4. The number of aliphatic imine (C=N–C) groups is 1. The lowest BCUT2D eigenvalue weighted by atomic mass is 10.1. The third kappa shape index (κ3) is 8.15. The minimum Gasteiger partial charge on any atom is -0.496 e. The van der Waals surface area contributed by atoms with Crippen molar-refractivity contribution >= 4 is 23.9 Å². The second kappa shape index (κ2) is 14.1. The van der Waals surface area contributed by atoms with Crippen LogP contribution in [0.5, 0.6) is 5.75 Å². The van der Waals surface area contributed by atoms with Gasteiger partial charge in [0, 0.05) is 30.4 Å². The molecule has 5 N–H and O–H groups in total. The monoisotopic (exact) mass is 503 g/mol. The third-order valence-corrected chi connectivity index (χ3v) is 6.17. The minimum absolute atomic E-state index is 0.490. The van der Waals surface area contributed by atoms with Gasteiger partial charge in [0.2, 0.25) is 0 Å². The second-order valence-corrected chi connectivity index (χ2v) is 9.14. The average Bonchev–Trinajstić information content (AvgIpc) is 3.27. The number of nitrogens with one attached hydrogen (secondary N) is 1. The van der Waals surface area contributed by atoms with Gasteiger partial charge in [0.15, 0.2) is 5.82 Å². The predicted octanol–water partition coefficient (Wildman–Crippen LogP) is 3.87. The maximum Gasteiger partial charge on any atom is 0.152 e. The first-order valence-corrected chi connectivity index (χ1v) is 13.0. The van der Waals surface area contributed by atoms with Crippen molar-refractivity contribution in [3.63, 3.8) is 0 Å². The fourth-order valence-electron chi connectivity index (χ4n) is 4.01. The van der Waals surface area contributed by atoms with E-state index in [9.17, 15) is 0 Å². The van der Waals surface area contributed by atoms with Gasteiger partial charge < -0.3 is 30.8 Å². The molecule has 0 bridgehead atoms. The van der Waals surface area contributed by atoms with Crippen molar-refractivity contribution in [3.05, 3.63) is 82.0 Å². The number of benzene rings is 2. The first-order chi connectivity index (χ1) is 17.9. The van der Waals surface area contributed by atoms with E-state index >= 15 is 0 Å². The Morgan fingerprint density at radius 1 is 1.03 bits per heavy atom. The molecule has 0 unspecified atom stereocenters. The molecule has 3 rings (SSSR count). The van der Waals surface area contributed by atoms with E-state index in [1.807, 2.05) is 49.5 Å². The molecule has 0 aliphatic rings. The van der Waals surface area contributed by atoms with Gasteiger partial charge in [-0.3, -0.25) is 0 Å². The van der Waals surface area contributed by atoms with Crippen LogP contribution >= 0.6 is 0 Å². The van der Waals surface area contributed by atoms with Crippen molar-refractivity contribution < 1.29 is 9.47 Å².